The summed E-state index contributed by atoms with van der Waals surface area (Å²) in [5.74, 6) is 0.813. The van der Waals surface area contributed by atoms with Gasteiger partial charge < -0.3 is 14.9 Å². The van der Waals surface area contributed by atoms with Gasteiger partial charge >= 0.3 is 0 Å². The minimum Gasteiger partial charge on any atom is -0.507 e. The molecule has 0 saturated carbocycles. The van der Waals surface area contributed by atoms with E-state index in [-0.39, 0.29) is 11.5 Å². The van der Waals surface area contributed by atoms with Crippen molar-refractivity contribution in [2.75, 3.05) is 12.5 Å². The van der Waals surface area contributed by atoms with Gasteiger partial charge in [0.2, 0.25) is 5.13 Å². The molecule has 0 aliphatic rings. The third-order valence-electron chi connectivity index (χ3n) is 3.34. The van der Waals surface area contributed by atoms with Crippen LogP contribution in [0.3, 0.4) is 0 Å². The van der Waals surface area contributed by atoms with E-state index in [9.17, 15) is 10.2 Å². The number of phenolic OH excluding ortho intramolecular Hbond substituents is 2. The largest absolute Gasteiger partial charge is 0.507 e. The van der Waals surface area contributed by atoms with Gasteiger partial charge in [0.15, 0.2) is 0 Å². The average Bonchev–Trinajstić information content (AvgIpc) is 3.07. The number of phenols is 2. The van der Waals surface area contributed by atoms with Crippen molar-refractivity contribution in [2.45, 2.75) is 0 Å². The number of aromatic hydroxyl groups is 2. The van der Waals surface area contributed by atoms with E-state index in [1.165, 1.54) is 29.7 Å². The van der Waals surface area contributed by atoms with Crippen LogP contribution in [-0.4, -0.2) is 28.5 Å². The zero-order valence-electron chi connectivity index (χ0n) is 13.1. The molecule has 1 heterocycles. The number of methoxy groups -OCH3 is 1. The number of ether oxygens (including phenoxy) is 1. The van der Waals surface area contributed by atoms with Gasteiger partial charge in [-0.15, -0.1) is 11.3 Å². The van der Waals surface area contributed by atoms with Crippen molar-refractivity contribution in [3.63, 3.8) is 0 Å². The number of benzene rings is 2. The Kier molecular flexibility index (Phi) is 5.06. The third kappa shape index (κ3) is 4.01. The predicted molar refractivity (Wildman–Crippen MR) is 100 cm³/mol. The van der Waals surface area contributed by atoms with Gasteiger partial charge in [0.1, 0.15) is 17.2 Å². The summed E-state index contributed by atoms with van der Waals surface area (Å²) in [7, 11) is 1.55. The van der Waals surface area contributed by atoms with E-state index in [0.29, 0.717) is 32.7 Å². The van der Waals surface area contributed by atoms with Gasteiger partial charge in [0.25, 0.3) is 0 Å². The molecule has 0 spiro atoms. The summed E-state index contributed by atoms with van der Waals surface area (Å²) in [4.78, 5) is 4.36. The molecule has 25 heavy (non-hydrogen) atoms. The van der Waals surface area contributed by atoms with Crippen LogP contribution in [0.4, 0.5) is 5.13 Å². The number of hydrazone groups is 1. The summed E-state index contributed by atoms with van der Waals surface area (Å²) < 4.78 is 5.11. The molecule has 3 N–H and O–H groups in total. The van der Waals surface area contributed by atoms with Crippen molar-refractivity contribution in [3.8, 4) is 28.5 Å². The Morgan fingerprint density at radius 2 is 2.00 bits per heavy atom. The summed E-state index contributed by atoms with van der Waals surface area (Å²) in [5, 5.41) is 26.6. The molecule has 128 valence electrons. The number of hydrogen-bond acceptors (Lipinski definition) is 7. The highest BCUT2D eigenvalue weighted by Crippen LogP contribution is 2.33. The zero-order valence-corrected chi connectivity index (χ0v) is 14.7. The monoisotopic (exact) mass is 375 g/mol. The molecule has 2 aromatic carbocycles. The summed E-state index contributed by atoms with van der Waals surface area (Å²) in [5.41, 5.74) is 4.44. The number of nitrogens with one attached hydrogen (secondary N) is 1. The lowest BCUT2D eigenvalue weighted by Gasteiger charge is -2.03. The summed E-state index contributed by atoms with van der Waals surface area (Å²) in [6.45, 7) is 0. The fraction of sp³-hybridized carbons (Fsp3) is 0.0588. The van der Waals surface area contributed by atoms with Crippen molar-refractivity contribution in [3.05, 3.63) is 52.4 Å². The van der Waals surface area contributed by atoms with E-state index in [1.54, 1.807) is 36.8 Å². The average molecular weight is 376 g/mol. The molecule has 0 amide bonds. The van der Waals surface area contributed by atoms with Crippen LogP contribution in [0.15, 0.2) is 46.9 Å². The van der Waals surface area contributed by atoms with E-state index < -0.39 is 0 Å². The highest BCUT2D eigenvalue weighted by molar-refractivity contribution is 7.14. The Labute approximate surface area is 153 Å². The van der Waals surface area contributed by atoms with E-state index >= 15 is 0 Å². The number of anilines is 1. The predicted octanol–water partition coefficient (Wildman–Crippen LogP) is 4.33. The highest BCUT2D eigenvalue weighted by atomic mass is 35.5. The lowest BCUT2D eigenvalue weighted by atomic mass is 10.1. The van der Waals surface area contributed by atoms with Crippen molar-refractivity contribution < 1.29 is 14.9 Å². The first-order valence-electron chi connectivity index (χ1n) is 7.17. The van der Waals surface area contributed by atoms with Gasteiger partial charge in [-0.1, -0.05) is 11.6 Å². The fourth-order valence-corrected chi connectivity index (χ4v) is 2.91. The van der Waals surface area contributed by atoms with E-state index in [4.69, 9.17) is 16.3 Å². The maximum atomic E-state index is 9.92. The SMILES string of the molecule is COc1ccc(O)c(/C=N/Nc2nc(-c3cc(Cl)ccc3O)cs2)c1. The van der Waals surface area contributed by atoms with Crippen molar-refractivity contribution in [1.82, 2.24) is 4.98 Å². The van der Waals surface area contributed by atoms with Crippen molar-refractivity contribution in [2.24, 2.45) is 5.10 Å². The topological polar surface area (TPSA) is 87.0 Å². The molecule has 0 atom stereocenters. The van der Waals surface area contributed by atoms with Crippen LogP contribution >= 0.6 is 22.9 Å². The van der Waals surface area contributed by atoms with Crippen LogP contribution in [0.1, 0.15) is 5.56 Å². The van der Waals surface area contributed by atoms with Gasteiger partial charge in [-0.25, -0.2) is 4.98 Å². The molecule has 0 bridgehead atoms. The molecule has 0 aliphatic heterocycles. The van der Waals surface area contributed by atoms with Gasteiger partial charge in [-0.05, 0) is 36.4 Å². The summed E-state index contributed by atoms with van der Waals surface area (Å²) in [6.07, 6.45) is 1.47. The first kappa shape index (κ1) is 17.1. The highest BCUT2D eigenvalue weighted by Gasteiger charge is 2.09. The standard InChI is InChI=1S/C17H14ClN3O3S/c1-24-12-3-5-15(22)10(6-12)8-19-21-17-20-14(9-25-17)13-7-11(18)2-4-16(13)23/h2-9,22-23H,1H3,(H,20,21)/b19-8+. The molecular formula is C17H14ClN3O3S. The molecule has 6 nitrogen and oxygen atoms in total. The first-order valence-corrected chi connectivity index (χ1v) is 8.43. The summed E-state index contributed by atoms with van der Waals surface area (Å²) in [6, 6.07) is 9.63. The van der Waals surface area contributed by atoms with Crippen molar-refractivity contribution >= 4 is 34.3 Å². The lowest BCUT2D eigenvalue weighted by Crippen LogP contribution is -1.92. The second kappa shape index (κ2) is 7.42. The number of rotatable bonds is 5. The van der Waals surface area contributed by atoms with Crippen LogP contribution in [0.5, 0.6) is 17.2 Å². The van der Waals surface area contributed by atoms with Crippen LogP contribution in [0, 0.1) is 0 Å². The Morgan fingerprint density at radius 1 is 1.20 bits per heavy atom. The molecule has 0 fully saturated rings. The quantitative estimate of drug-likeness (QED) is 0.456. The molecule has 8 heteroatoms. The number of hydrogen-bond donors (Lipinski definition) is 3. The molecule has 3 aromatic rings. The second-order valence-electron chi connectivity index (χ2n) is 4.99. The Bertz CT molecular complexity index is 927. The van der Waals surface area contributed by atoms with Crippen LogP contribution in [-0.2, 0) is 0 Å². The first-order chi connectivity index (χ1) is 12.1. The molecule has 0 radical (unpaired) electrons. The van der Waals surface area contributed by atoms with E-state index in [2.05, 4.69) is 15.5 Å². The molecule has 0 unspecified atom stereocenters. The Morgan fingerprint density at radius 3 is 2.80 bits per heavy atom. The third-order valence-corrected chi connectivity index (χ3v) is 4.32. The maximum absolute atomic E-state index is 9.92. The van der Waals surface area contributed by atoms with Crippen LogP contribution in [0.25, 0.3) is 11.3 Å². The van der Waals surface area contributed by atoms with Gasteiger partial charge in [-0.3, -0.25) is 5.43 Å². The number of aromatic nitrogens is 1. The number of nitrogens with zero attached hydrogens (tertiary/aromatic N) is 2. The lowest BCUT2D eigenvalue weighted by molar-refractivity contribution is 0.412. The molecule has 0 aliphatic carbocycles. The van der Waals surface area contributed by atoms with Crippen LogP contribution in [0.2, 0.25) is 5.02 Å². The van der Waals surface area contributed by atoms with E-state index in [0.717, 1.165) is 0 Å². The second-order valence-corrected chi connectivity index (χ2v) is 6.29. The minimum absolute atomic E-state index is 0.0926. The summed E-state index contributed by atoms with van der Waals surface area (Å²) >= 11 is 7.28. The maximum Gasteiger partial charge on any atom is 0.203 e. The molecule has 3 rings (SSSR count). The molecular weight excluding hydrogens is 362 g/mol. The number of thiazole rings is 1. The molecule has 1 aromatic heterocycles. The minimum atomic E-state index is 0.0926. The van der Waals surface area contributed by atoms with Gasteiger partial charge in [0.05, 0.1) is 19.0 Å². The normalized spacial score (nSPS) is 11.0. The van der Waals surface area contributed by atoms with Gasteiger partial charge in [-0.2, -0.15) is 5.10 Å². The Balaban J connectivity index is 1.75. The smallest absolute Gasteiger partial charge is 0.203 e. The molecule has 0 saturated heterocycles. The Hall–Kier alpha value is -2.77. The van der Waals surface area contributed by atoms with Gasteiger partial charge in [0, 0.05) is 21.5 Å². The zero-order chi connectivity index (χ0) is 17.8. The van der Waals surface area contributed by atoms with Crippen LogP contribution < -0.4 is 10.2 Å². The number of halogens is 1. The van der Waals surface area contributed by atoms with Crippen molar-refractivity contribution in [1.29, 1.82) is 0 Å². The fourth-order valence-electron chi connectivity index (χ4n) is 2.08. The van der Waals surface area contributed by atoms with E-state index in [1.807, 2.05) is 0 Å².